The van der Waals surface area contributed by atoms with E-state index in [9.17, 15) is 8.42 Å². The summed E-state index contributed by atoms with van der Waals surface area (Å²) in [5.74, 6) is 0.978. The highest BCUT2D eigenvalue weighted by atomic mass is 32.2. The van der Waals surface area contributed by atoms with E-state index in [4.69, 9.17) is 0 Å². The maximum atomic E-state index is 11.5. The van der Waals surface area contributed by atoms with Crippen LogP contribution in [0.25, 0.3) is 0 Å². The molecule has 84 valence electrons. The second kappa shape index (κ2) is 3.84. The number of hydrogen-bond acceptors (Lipinski definition) is 4. The van der Waals surface area contributed by atoms with E-state index in [0.29, 0.717) is 18.2 Å². The van der Waals surface area contributed by atoms with Gasteiger partial charge in [0.1, 0.15) is 0 Å². The first-order chi connectivity index (χ1) is 7.08. The van der Waals surface area contributed by atoms with Crippen molar-refractivity contribution >= 4 is 15.8 Å². The topological polar surface area (TPSA) is 74.8 Å². The number of aryl methyl sites for hydroxylation is 1. The van der Waals surface area contributed by atoms with Crippen LogP contribution in [-0.2, 0) is 9.84 Å². The Morgan fingerprint density at radius 1 is 1.67 bits per heavy atom. The zero-order chi connectivity index (χ0) is 10.9. The number of nitrogens with one attached hydrogen (secondary N) is 2. The molecule has 2 N–H and O–H groups in total. The Balaban J connectivity index is 1.94. The van der Waals surface area contributed by atoms with Gasteiger partial charge in [-0.25, -0.2) is 13.4 Å². The molecule has 5 nitrogen and oxygen atoms in total. The van der Waals surface area contributed by atoms with Gasteiger partial charge in [0, 0.05) is 18.4 Å². The third-order valence-corrected chi connectivity index (χ3v) is 4.94. The molecule has 2 heterocycles. The van der Waals surface area contributed by atoms with Gasteiger partial charge in [-0.15, -0.1) is 0 Å². The van der Waals surface area contributed by atoms with Crippen molar-refractivity contribution in [2.75, 3.05) is 17.6 Å². The van der Waals surface area contributed by atoms with Crippen LogP contribution < -0.4 is 5.32 Å². The summed E-state index contributed by atoms with van der Waals surface area (Å²) in [4.78, 5) is 7.07. The van der Waals surface area contributed by atoms with Crippen LogP contribution >= 0.6 is 0 Å². The normalized spacial score (nSPS) is 24.2. The first-order valence-corrected chi connectivity index (χ1v) is 6.76. The first kappa shape index (κ1) is 10.5. The molecule has 1 aromatic rings. The van der Waals surface area contributed by atoms with E-state index >= 15 is 0 Å². The van der Waals surface area contributed by atoms with Crippen LogP contribution in [0.2, 0.25) is 0 Å². The molecule has 1 aliphatic rings. The zero-order valence-electron chi connectivity index (χ0n) is 8.66. The van der Waals surface area contributed by atoms with E-state index in [1.807, 2.05) is 6.92 Å². The van der Waals surface area contributed by atoms with Crippen molar-refractivity contribution in [3.63, 3.8) is 0 Å². The number of nitrogens with zero attached hydrogens (tertiary/aromatic N) is 1. The lowest BCUT2D eigenvalue weighted by Gasteiger charge is -2.09. The molecule has 0 aliphatic carbocycles. The number of anilines is 1. The van der Waals surface area contributed by atoms with Crippen molar-refractivity contribution in [1.29, 1.82) is 0 Å². The van der Waals surface area contributed by atoms with Gasteiger partial charge in [-0.05, 0) is 19.8 Å². The lowest BCUT2D eigenvalue weighted by atomic mass is 10.2. The number of imidazole rings is 1. The summed E-state index contributed by atoms with van der Waals surface area (Å²) in [6.07, 6.45) is 3.26. The largest absolute Gasteiger partial charge is 0.355 e. The summed E-state index contributed by atoms with van der Waals surface area (Å²) in [6, 6.07) is 0. The number of rotatable bonds is 3. The van der Waals surface area contributed by atoms with E-state index in [1.54, 1.807) is 6.20 Å². The lowest BCUT2D eigenvalue weighted by Crippen LogP contribution is -2.25. The fourth-order valence-electron chi connectivity index (χ4n) is 1.80. The zero-order valence-corrected chi connectivity index (χ0v) is 9.47. The molecule has 0 spiro atoms. The molecule has 0 saturated carbocycles. The monoisotopic (exact) mass is 229 g/mol. The Morgan fingerprint density at radius 2 is 2.47 bits per heavy atom. The van der Waals surface area contributed by atoms with Gasteiger partial charge in [-0.2, -0.15) is 0 Å². The van der Waals surface area contributed by atoms with E-state index in [0.717, 1.165) is 18.5 Å². The Bertz CT molecular complexity index is 438. The molecular formula is C9H15N3O2S. The summed E-state index contributed by atoms with van der Waals surface area (Å²) >= 11 is 0. The predicted molar refractivity (Wildman–Crippen MR) is 58.6 cm³/mol. The Kier molecular flexibility index (Phi) is 2.68. The fourth-order valence-corrected chi connectivity index (χ4v) is 3.57. The highest BCUT2D eigenvalue weighted by Crippen LogP contribution is 2.19. The Hall–Kier alpha value is -1.04. The van der Waals surface area contributed by atoms with Gasteiger partial charge in [-0.3, -0.25) is 0 Å². The lowest BCUT2D eigenvalue weighted by molar-refractivity contribution is 0.591. The van der Waals surface area contributed by atoms with Crippen molar-refractivity contribution < 1.29 is 8.42 Å². The highest BCUT2D eigenvalue weighted by molar-refractivity contribution is 7.92. The third kappa shape index (κ3) is 2.31. The predicted octanol–water partition coefficient (Wildman–Crippen LogP) is 0.707. The first-order valence-electron chi connectivity index (χ1n) is 5.05. The molecule has 0 amide bonds. The summed E-state index contributed by atoms with van der Waals surface area (Å²) in [7, 11) is -2.85. The van der Waals surface area contributed by atoms with Gasteiger partial charge in [0.05, 0.1) is 11.0 Å². The molecule has 6 heteroatoms. The Morgan fingerprint density at radius 3 is 3.00 bits per heavy atom. The van der Waals surface area contributed by atoms with E-state index in [2.05, 4.69) is 15.3 Å². The van der Waals surface area contributed by atoms with Gasteiger partial charge < -0.3 is 10.3 Å². The van der Waals surface area contributed by atoms with Crippen molar-refractivity contribution in [3.8, 4) is 0 Å². The number of aromatic nitrogens is 2. The molecule has 0 radical (unpaired) electrons. The van der Waals surface area contributed by atoms with Crippen molar-refractivity contribution in [2.24, 2.45) is 0 Å². The molecular weight excluding hydrogens is 214 g/mol. The highest BCUT2D eigenvalue weighted by Gasteiger charge is 2.30. The van der Waals surface area contributed by atoms with E-state index < -0.39 is 9.84 Å². The van der Waals surface area contributed by atoms with Crippen molar-refractivity contribution in [3.05, 3.63) is 11.9 Å². The average molecular weight is 229 g/mol. The van der Waals surface area contributed by atoms with E-state index in [1.165, 1.54) is 0 Å². The number of sulfone groups is 1. The third-order valence-electron chi connectivity index (χ3n) is 2.66. The van der Waals surface area contributed by atoms with Crippen molar-refractivity contribution in [1.82, 2.24) is 9.97 Å². The van der Waals surface area contributed by atoms with Crippen LogP contribution in [0.3, 0.4) is 0 Å². The minimum Gasteiger partial charge on any atom is -0.355 e. The summed E-state index contributed by atoms with van der Waals surface area (Å²) in [5.41, 5.74) is 0.965. The standard InChI is InChI=1S/C9H15N3O2S/c1-7-5-10-9(12-7)11-6-8-3-2-4-15(8,13)14/h5,8H,2-4,6H2,1H3,(H2,10,11,12). The summed E-state index contributed by atoms with van der Waals surface area (Å²) in [5, 5.41) is 2.77. The molecule has 15 heavy (non-hydrogen) atoms. The average Bonchev–Trinajstić information content (AvgIpc) is 2.69. The second-order valence-electron chi connectivity index (χ2n) is 3.93. The van der Waals surface area contributed by atoms with Crippen LogP contribution in [0.1, 0.15) is 18.5 Å². The molecule has 1 atom stereocenters. The van der Waals surface area contributed by atoms with Crippen LogP contribution in [0.5, 0.6) is 0 Å². The van der Waals surface area contributed by atoms with Crippen molar-refractivity contribution in [2.45, 2.75) is 25.0 Å². The van der Waals surface area contributed by atoms with Crippen LogP contribution in [0.15, 0.2) is 6.20 Å². The van der Waals surface area contributed by atoms with Gasteiger partial charge >= 0.3 is 0 Å². The van der Waals surface area contributed by atoms with E-state index in [-0.39, 0.29) is 5.25 Å². The van der Waals surface area contributed by atoms with Crippen LogP contribution in [0, 0.1) is 6.92 Å². The second-order valence-corrected chi connectivity index (χ2v) is 6.33. The molecule has 2 rings (SSSR count). The minimum absolute atomic E-state index is 0.247. The molecule has 0 bridgehead atoms. The molecule has 1 saturated heterocycles. The molecule has 1 unspecified atom stereocenters. The number of H-pyrrole nitrogens is 1. The molecule has 1 aromatic heterocycles. The summed E-state index contributed by atoms with van der Waals surface area (Å²) in [6.45, 7) is 2.36. The summed E-state index contributed by atoms with van der Waals surface area (Å²) < 4.78 is 23.0. The quantitative estimate of drug-likeness (QED) is 0.800. The van der Waals surface area contributed by atoms with Crippen LogP contribution in [-0.4, -0.2) is 35.9 Å². The Labute approximate surface area is 89.2 Å². The SMILES string of the molecule is Cc1cnc(NCC2CCCS2(=O)=O)[nH]1. The number of aromatic amines is 1. The fraction of sp³-hybridized carbons (Fsp3) is 0.667. The molecule has 1 aliphatic heterocycles. The molecule has 0 aromatic carbocycles. The van der Waals surface area contributed by atoms with Gasteiger partial charge in [-0.1, -0.05) is 0 Å². The van der Waals surface area contributed by atoms with Gasteiger partial charge in [0.15, 0.2) is 15.8 Å². The maximum absolute atomic E-state index is 11.5. The van der Waals surface area contributed by atoms with Gasteiger partial charge in [0.25, 0.3) is 0 Å². The number of hydrogen-bond donors (Lipinski definition) is 2. The molecule has 1 fully saturated rings. The van der Waals surface area contributed by atoms with Crippen LogP contribution in [0.4, 0.5) is 5.95 Å². The minimum atomic E-state index is -2.85. The smallest absolute Gasteiger partial charge is 0.200 e. The maximum Gasteiger partial charge on any atom is 0.200 e. The van der Waals surface area contributed by atoms with Gasteiger partial charge in [0.2, 0.25) is 0 Å².